The SMILES string of the molecule is CC(=O)Nc1ccc(OCC#N)cc1C(F)(F)F. The molecular weight excluding hydrogens is 249 g/mol. The molecule has 7 heteroatoms. The van der Waals surface area contributed by atoms with E-state index in [1.54, 1.807) is 6.07 Å². The zero-order valence-corrected chi connectivity index (χ0v) is 9.34. The van der Waals surface area contributed by atoms with E-state index in [2.05, 4.69) is 5.32 Å². The monoisotopic (exact) mass is 258 g/mol. The molecule has 0 unspecified atom stereocenters. The van der Waals surface area contributed by atoms with Gasteiger partial charge in [-0.05, 0) is 18.2 Å². The number of nitrogens with one attached hydrogen (secondary N) is 1. The van der Waals surface area contributed by atoms with Crippen LogP contribution in [0.15, 0.2) is 18.2 Å². The summed E-state index contributed by atoms with van der Waals surface area (Å²) in [6.45, 7) is 0.761. The number of amides is 1. The quantitative estimate of drug-likeness (QED) is 0.906. The molecule has 1 N–H and O–H groups in total. The second kappa shape index (κ2) is 5.40. The van der Waals surface area contributed by atoms with Crippen LogP contribution in [0.3, 0.4) is 0 Å². The van der Waals surface area contributed by atoms with E-state index in [1.807, 2.05) is 0 Å². The molecule has 0 aliphatic carbocycles. The molecular formula is C11H9F3N2O2. The number of carbonyl (C=O) groups is 1. The fourth-order valence-corrected chi connectivity index (χ4v) is 1.26. The van der Waals surface area contributed by atoms with Gasteiger partial charge in [0, 0.05) is 6.92 Å². The summed E-state index contributed by atoms with van der Waals surface area (Å²) in [5.41, 5.74) is -1.37. The molecule has 1 aromatic rings. The average Bonchev–Trinajstić information content (AvgIpc) is 2.25. The Labute approximate surface area is 101 Å². The van der Waals surface area contributed by atoms with Gasteiger partial charge in [0.05, 0.1) is 11.3 Å². The number of anilines is 1. The van der Waals surface area contributed by atoms with Crippen LogP contribution in [0, 0.1) is 11.3 Å². The first-order valence-electron chi connectivity index (χ1n) is 4.83. The highest BCUT2D eigenvalue weighted by atomic mass is 19.4. The Kier molecular flexibility index (Phi) is 4.15. The van der Waals surface area contributed by atoms with Gasteiger partial charge in [0.15, 0.2) is 6.61 Å². The summed E-state index contributed by atoms with van der Waals surface area (Å²) < 4.78 is 43.0. The van der Waals surface area contributed by atoms with Gasteiger partial charge in [0.2, 0.25) is 5.91 Å². The number of halogens is 3. The largest absolute Gasteiger partial charge is 0.479 e. The summed E-state index contributed by atoms with van der Waals surface area (Å²) in [5, 5.41) is 10.4. The fourth-order valence-electron chi connectivity index (χ4n) is 1.26. The summed E-state index contributed by atoms with van der Waals surface area (Å²) in [5.74, 6) is -0.691. The van der Waals surface area contributed by atoms with Crippen molar-refractivity contribution in [3.8, 4) is 11.8 Å². The predicted octanol–water partition coefficient (Wildman–Crippen LogP) is 2.57. The molecule has 1 aromatic carbocycles. The van der Waals surface area contributed by atoms with Crippen molar-refractivity contribution in [1.82, 2.24) is 0 Å². The first-order valence-corrected chi connectivity index (χ1v) is 4.83. The Bertz CT molecular complexity index is 492. The number of hydrogen-bond acceptors (Lipinski definition) is 3. The van der Waals surface area contributed by atoms with Crippen molar-refractivity contribution >= 4 is 11.6 Å². The number of ether oxygens (including phenoxy) is 1. The van der Waals surface area contributed by atoms with Gasteiger partial charge in [0.1, 0.15) is 11.8 Å². The highest BCUT2D eigenvalue weighted by molar-refractivity contribution is 5.89. The third-order valence-corrected chi connectivity index (χ3v) is 1.91. The third kappa shape index (κ3) is 3.66. The van der Waals surface area contributed by atoms with Crippen LogP contribution >= 0.6 is 0 Å². The van der Waals surface area contributed by atoms with Gasteiger partial charge >= 0.3 is 6.18 Å². The lowest BCUT2D eigenvalue weighted by Gasteiger charge is -2.14. The second-order valence-electron chi connectivity index (χ2n) is 3.33. The minimum absolute atomic E-state index is 0.0852. The molecule has 0 saturated heterocycles. The van der Waals surface area contributed by atoms with Crippen LogP contribution in [0.25, 0.3) is 0 Å². The molecule has 18 heavy (non-hydrogen) atoms. The molecule has 0 saturated carbocycles. The van der Waals surface area contributed by atoms with Crippen LogP contribution in [0.1, 0.15) is 12.5 Å². The van der Waals surface area contributed by atoms with Crippen molar-refractivity contribution in [2.75, 3.05) is 11.9 Å². The molecule has 0 bridgehead atoms. The van der Waals surface area contributed by atoms with Crippen LogP contribution in [0.2, 0.25) is 0 Å². The number of nitriles is 1. The highest BCUT2D eigenvalue weighted by Crippen LogP contribution is 2.37. The first kappa shape index (κ1) is 13.8. The smallest absolute Gasteiger partial charge is 0.418 e. The summed E-state index contributed by atoms with van der Waals surface area (Å²) in [6.07, 6.45) is -4.62. The van der Waals surface area contributed by atoms with Crippen LogP contribution in [-0.4, -0.2) is 12.5 Å². The van der Waals surface area contributed by atoms with Gasteiger partial charge in [-0.2, -0.15) is 18.4 Å². The van der Waals surface area contributed by atoms with E-state index in [0.717, 1.165) is 19.1 Å². The lowest BCUT2D eigenvalue weighted by Crippen LogP contribution is -2.14. The molecule has 0 aliphatic heterocycles. The van der Waals surface area contributed by atoms with E-state index in [-0.39, 0.29) is 18.0 Å². The molecule has 1 amide bonds. The summed E-state index contributed by atoms with van der Waals surface area (Å²) >= 11 is 0. The van der Waals surface area contributed by atoms with Crippen molar-refractivity contribution in [3.05, 3.63) is 23.8 Å². The topological polar surface area (TPSA) is 62.1 Å². The van der Waals surface area contributed by atoms with Crippen molar-refractivity contribution in [1.29, 1.82) is 5.26 Å². The van der Waals surface area contributed by atoms with Crippen molar-refractivity contribution in [2.45, 2.75) is 13.1 Å². The second-order valence-corrected chi connectivity index (χ2v) is 3.33. The highest BCUT2D eigenvalue weighted by Gasteiger charge is 2.34. The van der Waals surface area contributed by atoms with Gasteiger partial charge in [-0.1, -0.05) is 0 Å². The Hall–Kier alpha value is -2.23. The molecule has 1 rings (SSSR count). The van der Waals surface area contributed by atoms with Crippen LogP contribution < -0.4 is 10.1 Å². The zero-order chi connectivity index (χ0) is 13.8. The van der Waals surface area contributed by atoms with Gasteiger partial charge in [-0.3, -0.25) is 4.79 Å². The maximum atomic E-state index is 12.7. The number of alkyl halides is 3. The number of hydrogen-bond donors (Lipinski definition) is 1. The van der Waals surface area contributed by atoms with E-state index in [4.69, 9.17) is 10.00 Å². The minimum atomic E-state index is -4.62. The number of nitrogens with zero attached hydrogens (tertiary/aromatic N) is 1. The van der Waals surface area contributed by atoms with Gasteiger partial charge in [-0.25, -0.2) is 0 Å². The lowest BCUT2D eigenvalue weighted by molar-refractivity contribution is -0.137. The summed E-state index contributed by atoms with van der Waals surface area (Å²) in [7, 11) is 0. The third-order valence-electron chi connectivity index (χ3n) is 1.91. The van der Waals surface area contributed by atoms with Crippen molar-refractivity contribution < 1.29 is 22.7 Å². The van der Waals surface area contributed by atoms with E-state index in [0.29, 0.717) is 0 Å². The van der Waals surface area contributed by atoms with E-state index >= 15 is 0 Å². The normalized spacial score (nSPS) is 10.6. The van der Waals surface area contributed by atoms with Gasteiger partial charge in [0.25, 0.3) is 0 Å². The van der Waals surface area contributed by atoms with Crippen LogP contribution in [-0.2, 0) is 11.0 Å². The lowest BCUT2D eigenvalue weighted by atomic mass is 10.1. The molecule has 0 heterocycles. The molecule has 4 nitrogen and oxygen atoms in total. The average molecular weight is 258 g/mol. The Morgan fingerprint density at radius 1 is 1.50 bits per heavy atom. The maximum Gasteiger partial charge on any atom is 0.418 e. The van der Waals surface area contributed by atoms with Crippen molar-refractivity contribution in [3.63, 3.8) is 0 Å². The standard InChI is InChI=1S/C11H9F3N2O2/c1-7(17)16-10-3-2-8(18-5-4-15)6-9(10)11(12,13)14/h2-3,6H,5H2,1H3,(H,16,17). The predicted molar refractivity (Wildman–Crippen MR) is 56.9 cm³/mol. The number of rotatable bonds is 3. The fraction of sp³-hybridized carbons (Fsp3) is 0.273. The molecule has 0 spiro atoms. The Morgan fingerprint density at radius 3 is 2.67 bits per heavy atom. The molecule has 0 atom stereocenters. The number of carbonyl (C=O) groups excluding carboxylic acids is 1. The first-order chi connectivity index (χ1) is 8.34. The van der Waals surface area contributed by atoms with E-state index in [9.17, 15) is 18.0 Å². The minimum Gasteiger partial charge on any atom is -0.479 e. The summed E-state index contributed by atoms with van der Waals surface area (Å²) in [6, 6.07) is 4.71. The van der Waals surface area contributed by atoms with Crippen LogP contribution in [0.5, 0.6) is 5.75 Å². The summed E-state index contributed by atoms with van der Waals surface area (Å²) in [4.78, 5) is 10.8. The number of benzene rings is 1. The molecule has 0 aromatic heterocycles. The molecule has 0 radical (unpaired) electrons. The molecule has 0 fully saturated rings. The molecule has 0 aliphatic rings. The molecule has 96 valence electrons. The van der Waals surface area contributed by atoms with E-state index in [1.165, 1.54) is 6.07 Å². The zero-order valence-electron chi connectivity index (χ0n) is 9.34. The Morgan fingerprint density at radius 2 is 2.17 bits per heavy atom. The van der Waals surface area contributed by atoms with E-state index < -0.39 is 17.6 Å². The Balaban J connectivity index is 3.13. The van der Waals surface area contributed by atoms with Crippen LogP contribution in [0.4, 0.5) is 18.9 Å². The van der Waals surface area contributed by atoms with Gasteiger partial charge in [-0.15, -0.1) is 0 Å². The van der Waals surface area contributed by atoms with Crippen molar-refractivity contribution in [2.24, 2.45) is 0 Å². The maximum absolute atomic E-state index is 12.7. The van der Waals surface area contributed by atoms with Gasteiger partial charge < -0.3 is 10.1 Å².